The van der Waals surface area contributed by atoms with E-state index in [2.05, 4.69) is 41.4 Å². The summed E-state index contributed by atoms with van der Waals surface area (Å²) in [6, 6.07) is 21.8. The molecule has 0 aliphatic carbocycles. The number of hydrogen-bond donors (Lipinski definition) is 0. The number of hydrogen-bond acceptors (Lipinski definition) is 4. The first kappa shape index (κ1) is 20.6. The minimum Gasteiger partial charge on any atom is -0.284 e. The summed E-state index contributed by atoms with van der Waals surface area (Å²) in [5.74, 6) is 0.107. The van der Waals surface area contributed by atoms with Crippen LogP contribution in [0.1, 0.15) is 30.9 Å². The summed E-state index contributed by atoms with van der Waals surface area (Å²) < 4.78 is 0. The predicted molar refractivity (Wildman–Crippen MR) is 127 cm³/mol. The van der Waals surface area contributed by atoms with Crippen molar-refractivity contribution >= 4 is 51.4 Å². The van der Waals surface area contributed by atoms with Gasteiger partial charge in [0.05, 0.1) is 18.0 Å². The molecule has 1 fully saturated rings. The van der Waals surface area contributed by atoms with Gasteiger partial charge in [0.25, 0.3) is 0 Å². The van der Waals surface area contributed by atoms with E-state index in [-0.39, 0.29) is 11.2 Å². The van der Waals surface area contributed by atoms with Crippen molar-refractivity contribution in [3.63, 3.8) is 0 Å². The number of carbonyl (C=O) groups is 1. The molecule has 3 aromatic carbocycles. The van der Waals surface area contributed by atoms with Crippen LogP contribution < -0.4 is 0 Å². The van der Waals surface area contributed by atoms with Crippen LogP contribution in [0.3, 0.4) is 0 Å². The van der Waals surface area contributed by atoms with Gasteiger partial charge in [0.1, 0.15) is 0 Å². The van der Waals surface area contributed by atoms with Gasteiger partial charge in [-0.3, -0.25) is 9.69 Å². The van der Waals surface area contributed by atoms with Crippen LogP contribution in [0.15, 0.2) is 76.9 Å². The molecule has 1 saturated heterocycles. The van der Waals surface area contributed by atoms with E-state index in [1.165, 1.54) is 17.1 Å². The maximum absolute atomic E-state index is 13.1. The lowest BCUT2D eigenvalue weighted by Crippen LogP contribution is -2.31. The standard InChI is InChI=1S/C24H22ClN3OS/c1-2-6-22-23(29)28(16-19-9-5-8-18-7-3-4-10-21(18)19)24(30-22)27-26-15-17-11-13-20(25)14-12-17/h3-5,7-15,22H,2,6,16H2,1H3. The molecule has 152 valence electrons. The highest BCUT2D eigenvalue weighted by atomic mass is 35.5. The van der Waals surface area contributed by atoms with Crippen LogP contribution in [-0.2, 0) is 11.3 Å². The number of nitrogens with zero attached hydrogens (tertiary/aromatic N) is 3. The number of carbonyl (C=O) groups excluding carboxylic acids is 1. The van der Waals surface area contributed by atoms with E-state index in [1.807, 2.05) is 42.5 Å². The van der Waals surface area contributed by atoms with Crippen molar-refractivity contribution in [1.29, 1.82) is 0 Å². The van der Waals surface area contributed by atoms with Gasteiger partial charge in [-0.1, -0.05) is 91.3 Å². The molecule has 0 N–H and O–H groups in total. The van der Waals surface area contributed by atoms with Gasteiger partial charge in [-0.25, -0.2) is 0 Å². The maximum atomic E-state index is 13.1. The average Bonchev–Trinajstić information content (AvgIpc) is 3.05. The lowest BCUT2D eigenvalue weighted by molar-refractivity contribution is -0.126. The van der Waals surface area contributed by atoms with Gasteiger partial charge in [-0.15, -0.1) is 5.10 Å². The summed E-state index contributed by atoms with van der Waals surface area (Å²) in [6.45, 7) is 2.58. The topological polar surface area (TPSA) is 45.0 Å². The van der Waals surface area contributed by atoms with Crippen molar-refractivity contribution in [2.24, 2.45) is 10.2 Å². The molecule has 0 saturated carbocycles. The summed E-state index contributed by atoms with van der Waals surface area (Å²) in [5.41, 5.74) is 2.01. The Morgan fingerprint density at radius 2 is 1.83 bits per heavy atom. The molecule has 30 heavy (non-hydrogen) atoms. The SMILES string of the molecule is CCCC1SC(=NN=Cc2ccc(Cl)cc2)N(Cc2cccc3ccccc23)C1=O. The molecular formula is C24H22ClN3OS. The Morgan fingerprint density at radius 1 is 1.07 bits per heavy atom. The quantitative estimate of drug-likeness (QED) is 0.345. The van der Waals surface area contributed by atoms with E-state index in [9.17, 15) is 4.79 Å². The zero-order valence-electron chi connectivity index (χ0n) is 16.7. The minimum atomic E-state index is -0.102. The van der Waals surface area contributed by atoms with Gasteiger partial charge in [0, 0.05) is 5.02 Å². The summed E-state index contributed by atoms with van der Waals surface area (Å²) in [5, 5.41) is 12.2. The van der Waals surface area contributed by atoms with Crippen LogP contribution in [0.2, 0.25) is 5.02 Å². The van der Waals surface area contributed by atoms with Crippen LogP contribution in [0, 0.1) is 0 Å². The largest absolute Gasteiger partial charge is 0.284 e. The van der Waals surface area contributed by atoms with Gasteiger partial charge >= 0.3 is 0 Å². The molecule has 1 unspecified atom stereocenters. The molecule has 6 heteroatoms. The first-order chi connectivity index (χ1) is 14.7. The fraction of sp³-hybridized carbons (Fsp3) is 0.208. The normalized spacial score (nSPS) is 18.2. The zero-order valence-corrected chi connectivity index (χ0v) is 18.2. The average molecular weight is 436 g/mol. The van der Waals surface area contributed by atoms with E-state index >= 15 is 0 Å². The van der Waals surface area contributed by atoms with E-state index in [1.54, 1.807) is 11.1 Å². The molecule has 0 aromatic heterocycles. The first-order valence-corrected chi connectivity index (χ1v) is 11.2. The molecule has 4 rings (SSSR count). The molecule has 0 radical (unpaired) electrons. The van der Waals surface area contributed by atoms with E-state index in [4.69, 9.17) is 11.6 Å². The van der Waals surface area contributed by atoms with Crippen LogP contribution in [0.25, 0.3) is 10.8 Å². The van der Waals surface area contributed by atoms with Crippen molar-refractivity contribution in [3.05, 3.63) is 82.9 Å². The highest BCUT2D eigenvalue weighted by Gasteiger charge is 2.37. The van der Waals surface area contributed by atoms with E-state index in [0.717, 1.165) is 29.4 Å². The van der Waals surface area contributed by atoms with Crippen molar-refractivity contribution in [1.82, 2.24) is 4.90 Å². The Balaban J connectivity index is 1.62. The third kappa shape index (κ3) is 4.58. The second-order valence-electron chi connectivity index (χ2n) is 7.14. The smallest absolute Gasteiger partial charge is 0.242 e. The molecule has 1 aliphatic rings. The van der Waals surface area contributed by atoms with E-state index in [0.29, 0.717) is 16.7 Å². The summed E-state index contributed by atoms with van der Waals surface area (Å²) >= 11 is 7.43. The van der Waals surface area contributed by atoms with Gasteiger partial charge in [0.15, 0.2) is 5.17 Å². The van der Waals surface area contributed by atoms with Gasteiger partial charge in [0.2, 0.25) is 5.91 Å². The Labute approximate surface area is 185 Å². The van der Waals surface area contributed by atoms with Crippen LogP contribution >= 0.6 is 23.4 Å². The van der Waals surface area contributed by atoms with E-state index < -0.39 is 0 Å². The van der Waals surface area contributed by atoms with Crippen LogP contribution in [-0.4, -0.2) is 27.4 Å². The van der Waals surface area contributed by atoms with Gasteiger partial charge in [-0.05, 0) is 40.5 Å². The fourth-order valence-corrected chi connectivity index (χ4v) is 4.81. The minimum absolute atomic E-state index is 0.102. The van der Waals surface area contributed by atoms with Crippen molar-refractivity contribution < 1.29 is 4.79 Å². The number of benzene rings is 3. The Hall–Kier alpha value is -2.63. The lowest BCUT2D eigenvalue weighted by Gasteiger charge is -2.17. The molecule has 0 bridgehead atoms. The molecule has 1 amide bonds. The molecule has 0 spiro atoms. The van der Waals surface area contributed by atoms with Crippen molar-refractivity contribution in [3.8, 4) is 0 Å². The molecular weight excluding hydrogens is 414 g/mol. The molecule has 3 aromatic rings. The van der Waals surface area contributed by atoms with Crippen molar-refractivity contribution in [2.45, 2.75) is 31.6 Å². The second-order valence-corrected chi connectivity index (χ2v) is 8.74. The van der Waals surface area contributed by atoms with Gasteiger partial charge < -0.3 is 0 Å². The third-order valence-electron chi connectivity index (χ3n) is 5.00. The highest BCUT2D eigenvalue weighted by molar-refractivity contribution is 8.15. The number of rotatable bonds is 6. The Kier molecular flexibility index (Phi) is 6.50. The number of halogens is 1. The third-order valence-corrected chi connectivity index (χ3v) is 6.49. The number of thioether (sulfide) groups is 1. The first-order valence-electron chi connectivity index (χ1n) is 9.97. The Bertz CT molecular complexity index is 1110. The monoisotopic (exact) mass is 435 g/mol. The lowest BCUT2D eigenvalue weighted by atomic mass is 10.0. The summed E-state index contributed by atoms with van der Waals surface area (Å²) in [7, 11) is 0. The van der Waals surface area contributed by atoms with Gasteiger partial charge in [-0.2, -0.15) is 5.10 Å². The molecule has 1 heterocycles. The Morgan fingerprint density at radius 3 is 2.63 bits per heavy atom. The number of amides is 1. The summed E-state index contributed by atoms with van der Waals surface area (Å²) in [6.07, 6.45) is 3.46. The number of amidine groups is 1. The zero-order chi connectivity index (χ0) is 20.9. The van der Waals surface area contributed by atoms with Crippen LogP contribution in [0.5, 0.6) is 0 Å². The second kappa shape index (κ2) is 9.45. The fourth-order valence-electron chi connectivity index (χ4n) is 3.47. The molecule has 4 nitrogen and oxygen atoms in total. The highest BCUT2D eigenvalue weighted by Crippen LogP contribution is 2.32. The van der Waals surface area contributed by atoms with Crippen LogP contribution in [0.4, 0.5) is 0 Å². The number of fused-ring (bicyclic) bond motifs is 1. The summed E-state index contributed by atoms with van der Waals surface area (Å²) in [4.78, 5) is 14.8. The molecule has 1 atom stereocenters. The van der Waals surface area contributed by atoms with Crippen molar-refractivity contribution in [2.75, 3.05) is 0 Å². The maximum Gasteiger partial charge on any atom is 0.242 e. The molecule has 1 aliphatic heterocycles. The predicted octanol–water partition coefficient (Wildman–Crippen LogP) is 6.13.